The zero-order valence-corrected chi connectivity index (χ0v) is 18.3. The van der Waals surface area contributed by atoms with Crippen LogP contribution < -0.4 is 5.32 Å². The van der Waals surface area contributed by atoms with E-state index in [1.165, 1.54) is 12.1 Å². The van der Waals surface area contributed by atoms with Crippen molar-refractivity contribution in [1.29, 1.82) is 0 Å². The lowest BCUT2D eigenvalue weighted by Crippen LogP contribution is -2.28. The molecule has 2 aromatic carbocycles. The summed E-state index contributed by atoms with van der Waals surface area (Å²) in [6.45, 7) is 4.13. The van der Waals surface area contributed by atoms with Gasteiger partial charge in [0.15, 0.2) is 0 Å². The summed E-state index contributed by atoms with van der Waals surface area (Å²) in [5.41, 5.74) is 4.27. The van der Waals surface area contributed by atoms with Gasteiger partial charge in [-0.3, -0.25) is 9.48 Å². The Bertz CT molecular complexity index is 1170. The molecule has 0 bridgehead atoms. The van der Waals surface area contributed by atoms with Crippen molar-refractivity contribution in [2.24, 2.45) is 5.16 Å². The molecule has 1 amide bonds. The average Bonchev–Trinajstić information content (AvgIpc) is 3.32. The minimum absolute atomic E-state index is 0.296. The van der Waals surface area contributed by atoms with E-state index in [-0.39, 0.29) is 11.7 Å². The quantitative estimate of drug-likeness (QED) is 0.573. The lowest BCUT2D eigenvalue weighted by atomic mass is 10.0. The number of oxime groups is 1. The van der Waals surface area contributed by atoms with Crippen molar-refractivity contribution in [1.82, 2.24) is 9.78 Å². The third kappa shape index (κ3) is 4.57. The van der Waals surface area contributed by atoms with E-state index in [0.717, 1.165) is 16.8 Å². The van der Waals surface area contributed by atoms with E-state index < -0.39 is 6.10 Å². The Morgan fingerprint density at radius 3 is 2.68 bits per heavy atom. The Morgan fingerprint density at radius 1 is 1.23 bits per heavy atom. The first-order valence-electron chi connectivity index (χ1n) is 9.59. The van der Waals surface area contributed by atoms with Crippen LogP contribution in [0.3, 0.4) is 0 Å². The standard InChI is InChI=1S/C22H19Cl2FN4O2/c1-12-21(13(2)29(27-12)11-15-3-6-16(23)9-18(15)24)26-22(30)20-10-19(28-31-20)14-4-7-17(25)8-5-14/h3-9,20H,10-11H2,1-2H3,(H,26,30). The van der Waals surface area contributed by atoms with Gasteiger partial charge in [0.1, 0.15) is 5.82 Å². The largest absolute Gasteiger partial charge is 0.382 e. The first-order valence-corrected chi connectivity index (χ1v) is 10.3. The van der Waals surface area contributed by atoms with Crippen molar-refractivity contribution >= 4 is 40.5 Å². The first-order chi connectivity index (χ1) is 14.8. The second-order valence-corrected chi connectivity index (χ2v) is 8.12. The molecular formula is C22H19Cl2FN4O2. The second kappa shape index (κ2) is 8.69. The van der Waals surface area contributed by atoms with Crippen molar-refractivity contribution in [3.63, 3.8) is 0 Å². The molecule has 0 saturated carbocycles. The van der Waals surface area contributed by atoms with Crippen LogP contribution in [0.4, 0.5) is 10.1 Å². The van der Waals surface area contributed by atoms with E-state index in [1.54, 1.807) is 28.9 Å². The Balaban J connectivity index is 1.45. The summed E-state index contributed by atoms with van der Waals surface area (Å²) in [5.74, 6) is -0.656. The summed E-state index contributed by atoms with van der Waals surface area (Å²) in [5, 5.41) is 12.5. The molecule has 1 aromatic heterocycles. The van der Waals surface area contributed by atoms with Crippen molar-refractivity contribution in [2.45, 2.75) is 32.9 Å². The number of aromatic nitrogens is 2. The molecular weight excluding hydrogens is 442 g/mol. The number of hydrogen-bond acceptors (Lipinski definition) is 4. The van der Waals surface area contributed by atoms with Gasteiger partial charge in [-0.2, -0.15) is 5.10 Å². The molecule has 1 aliphatic heterocycles. The first kappa shape index (κ1) is 21.3. The lowest BCUT2D eigenvalue weighted by molar-refractivity contribution is -0.125. The molecule has 4 rings (SSSR count). The van der Waals surface area contributed by atoms with Crippen molar-refractivity contribution in [2.75, 3.05) is 5.32 Å². The minimum atomic E-state index is -0.770. The summed E-state index contributed by atoms with van der Waals surface area (Å²) >= 11 is 12.2. The van der Waals surface area contributed by atoms with E-state index in [2.05, 4.69) is 15.6 Å². The van der Waals surface area contributed by atoms with Gasteiger partial charge in [0, 0.05) is 16.5 Å². The van der Waals surface area contributed by atoms with Gasteiger partial charge in [-0.1, -0.05) is 46.6 Å². The Morgan fingerprint density at radius 2 is 1.97 bits per heavy atom. The summed E-state index contributed by atoms with van der Waals surface area (Å²) in [6, 6.07) is 11.2. The summed E-state index contributed by atoms with van der Waals surface area (Å²) < 4.78 is 14.9. The van der Waals surface area contributed by atoms with Crippen molar-refractivity contribution in [3.8, 4) is 0 Å². The number of carbonyl (C=O) groups excluding carboxylic acids is 1. The van der Waals surface area contributed by atoms with Gasteiger partial charge in [-0.15, -0.1) is 0 Å². The third-order valence-corrected chi connectivity index (χ3v) is 5.69. The normalized spacial score (nSPS) is 15.5. The van der Waals surface area contributed by atoms with E-state index >= 15 is 0 Å². The van der Waals surface area contributed by atoms with Crippen LogP contribution in [-0.4, -0.2) is 27.5 Å². The van der Waals surface area contributed by atoms with Crippen LogP contribution in [0.25, 0.3) is 0 Å². The summed E-state index contributed by atoms with van der Waals surface area (Å²) in [6.07, 6.45) is -0.475. The summed E-state index contributed by atoms with van der Waals surface area (Å²) in [7, 11) is 0. The molecule has 0 saturated heterocycles. The predicted molar refractivity (Wildman–Crippen MR) is 118 cm³/mol. The van der Waals surface area contributed by atoms with Crippen molar-refractivity contribution < 1.29 is 14.0 Å². The van der Waals surface area contributed by atoms with Crippen molar-refractivity contribution in [3.05, 3.63) is 80.8 Å². The summed E-state index contributed by atoms with van der Waals surface area (Å²) in [4.78, 5) is 18.1. The van der Waals surface area contributed by atoms with E-state index in [1.807, 2.05) is 19.9 Å². The lowest BCUT2D eigenvalue weighted by Gasteiger charge is -2.11. The number of amides is 1. The fourth-order valence-electron chi connectivity index (χ4n) is 3.38. The Labute approximate surface area is 188 Å². The molecule has 0 fully saturated rings. The highest BCUT2D eigenvalue weighted by molar-refractivity contribution is 6.35. The fourth-order valence-corrected chi connectivity index (χ4v) is 3.85. The monoisotopic (exact) mass is 460 g/mol. The molecule has 2 heterocycles. The van der Waals surface area contributed by atoms with Crippen LogP contribution in [0.2, 0.25) is 10.0 Å². The zero-order chi connectivity index (χ0) is 22.1. The van der Waals surface area contributed by atoms with Crippen LogP contribution in [0.1, 0.15) is 28.9 Å². The van der Waals surface area contributed by atoms with Crippen LogP contribution in [0.15, 0.2) is 47.6 Å². The van der Waals surface area contributed by atoms with Crippen LogP contribution in [-0.2, 0) is 16.2 Å². The van der Waals surface area contributed by atoms with Crippen LogP contribution >= 0.6 is 23.2 Å². The number of nitrogens with zero attached hydrogens (tertiary/aromatic N) is 3. The number of anilines is 1. The van der Waals surface area contributed by atoms with Crippen LogP contribution in [0, 0.1) is 19.7 Å². The number of halogens is 3. The predicted octanol–water partition coefficient (Wildman–Crippen LogP) is 5.13. The van der Waals surface area contributed by atoms with E-state index in [9.17, 15) is 9.18 Å². The number of nitrogens with one attached hydrogen (secondary N) is 1. The minimum Gasteiger partial charge on any atom is -0.382 e. The van der Waals surface area contributed by atoms with Crippen LogP contribution in [0.5, 0.6) is 0 Å². The Kier molecular flexibility index (Phi) is 5.98. The molecule has 6 nitrogen and oxygen atoms in total. The number of carbonyl (C=O) groups is 1. The average molecular weight is 461 g/mol. The number of aryl methyl sites for hydroxylation is 1. The van der Waals surface area contributed by atoms with Gasteiger partial charge in [0.2, 0.25) is 6.10 Å². The van der Waals surface area contributed by atoms with Gasteiger partial charge in [-0.05, 0) is 49.2 Å². The van der Waals surface area contributed by atoms with Gasteiger partial charge < -0.3 is 10.2 Å². The molecule has 160 valence electrons. The molecule has 1 N–H and O–H groups in total. The number of rotatable bonds is 5. The smallest absolute Gasteiger partial charge is 0.268 e. The molecule has 31 heavy (non-hydrogen) atoms. The maximum Gasteiger partial charge on any atom is 0.268 e. The highest BCUT2D eigenvalue weighted by atomic mass is 35.5. The van der Waals surface area contributed by atoms with Gasteiger partial charge in [0.05, 0.1) is 29.3 Å². The molecule has 1 unspecified atom stereocenters. The molecule has 1 atom stereocenters. The maximum absolute atomic E-state index is 13.1. The van der Waals surface area contributed by atoms with E-state index in [4.69, 9.17) is 28.0 Å². The third-order valence-electron chi connectivity index (χ3n) is 5.10. The molecule has 3 aromatic rings. The maximum atomic E-state index is 13.1. The second-order valence-electron chi connectivity index (χ2n) is 7.27. The molecule has 0 spiro atoms. The SMILES string of the molecule is Cc1nn(Cc2ccc(Cl)cc2Cl)c(C)c1NC(=O)C1CC(c2ccc(F)cc2)=NO1. The topological polar surface area (TPSA) is 68.5 Å². The van der Waals surface area contributed by atoms with Gasteiger partial charge >= 0.3 is 0 Å². The highest BCUT2D eigenvalue weighted by Crippen LogP contribution is 2.26. The number of benzene rings is 2. The highest BCUT2D eigenvalue weighted by Gasteiger charge is 2.30. The number of hydrogen-bond donors (Lipinski definition) is 1. The van der Waals surface area contributed by atoms with E-state index in [0.29, 0.717) is 40.1 Å². The Hall–Kier alpha value is -2.90. The fraction of sp³-hybridized carbons (Fsp3) is 0.227. The molecule has 1 aliphatic rings. The molecule has 9 heteroatoms. The van der Waals surface area contributed by atoms with Gasteiger partial charge in [0.25, 0.3) is 5.91 Å². The van der Waals surface area contributed by atoms with Gasteiger partial charge in [-0.25, -0.2) is 4.39 Å². The molecule has 0 radical (unpaired) electrons. The molecule has 0 aliphatic carbocycles. The zero-order valence-electron chi connectivity index (χ0n) is 16.8.